The molecular formula is C11H21NO6S. The maximum Gasteiger partial charge on any atom is 0.333 e. The molecule has 0 amide bonds. The zero-order valence-corrected chi connectivity index (χ0v) is 12.0. The topological polar surface area (TPSA) is 116 Å². The lowest BCUT2D eigenvalue weighted by Crippen LogP contribution is -2.47. The highest BCUT2D eigenvalue weighted by molar-refractivity contribution is 7.85. The van der Waals surface area contributed by atoms with Gasteiger partial charge in [0.15, 0.2) is 0 Å². The number of ether oxygens (including phenoxy) is 2. The molecule has 0 aliphatic carbocycles. The van der Waals surface area contributed by atoms with E-state index >= 15 is 0 Å². The SMILES string of the molecule is C=C(C)C(=O)OCCOC(CC)(CN)CS(=O)(=O)O. The highest BCUT2D eigenvalue weighted by Crippen LogP contribution is 2.17. The van der Waals surface area contributed by atoms with Crippen LogP contribution in [0.4, 0.5) is 0 Å². The van der Waals surface area contributed by atoms with Crippen molar-refractivity contribution in [2.75, 3.05) is 25.5 Å². The van der Waals surface area contributed by atoms with Crippen molar-refractivity contribution in [1.82, 2.24) is 0 Å². The Hall–Kier alpha value is -0.960. The molecule has 0 radical (unpaired) electrons. The molecule has 0 fully saturated rings. The largest absolute Gasteiger partial charge is 0.460 e. The molecule has 19 heavy (non-hydrogen) atoms. The molecule has 1 atom stereocenters. The number of carbonyl (C=O) groups is 1. The third-order valence-corrected chi connectivity index (χ3v) is 3.43. The molecule has 0 saturated carbocycles. The van der Waals surface area contributed by atoms with Gasteiger partial charge in [-0.2, -0.15) is 8.42 Å². The first-order valence-electron chi connectivity index (χ1n) is 5.77. The Balaban J connectivity index is 4.37. The molecule has 0 aliphatic heterocycles. The minimum Gasteiger partial charge on any atom is -0.460 e. The Bertz CT molecular complexity index is 413. The van der Waals surface area contributed by atoms with E-state index in [9.17, 15) is 13.2 Å². The van der Waals surface area contributed by atoms with Gasteiger partial charge in [0.25, 0.3) is 10.1 Å². The fourth-order valence-electron chi connectivity index (χ4n) is 1.36. The fraction of sp³-hybridized carbons (Fsp3) is 0.727. The van der Waals surface area contributed by atoms with Crippen LogP contribution in [0.3, 0.4) is 0 Å². The molecule has 0 aromatic carbocycles. The van der Waals surface area contributed by atoms with E-state index in [-0.39, 0.29) is 25.3 Å². The number of hydrogen-bond acceptors (Lipinski definition) is 6. The van der Waals surface area contributed by atoms with Crippen molar-refractivity contribution in [2.45, 2.75) is 25.9 Å². The Kier molecular flexibility index (Phi) is 7.20. The van der Waals surface area contributed by atoms with Crippen molar-refractivity contribution in [3.8, 4) is 0 Å². The number of hydrogen-bond donors (Lipinski definition) is 2. The second kappa shape index (κ2) is 7.59. The van der Waals surface area contributed by atoms with Gasteiger partial charge >= 0.3 is 5.97 Å². The van der Waals surface area contributed by atoms with Crippen LogP contribution in [0.15, 0.2) is 12.2 Å². The molecule has 0 aromatic heterocycles. The first-order valence-corrected chi connectivity index (χ1v) is 7.38. The molecule has 0 bridgehead atoms. The van der Waals surface area contributed by atoms with Crippen LogP contribution in [-0.2, 0) is 24.4 Å². The molecule has 0 saturated heterocycles. The lowest BCUT2D eigenvalue weighted by Gasteiger charge is -2.30. The van der Waals surface area contributed by atoms with Crippen LogP contribution in [0.25, 0.3) is 0 Å². The van der Waals surface area contributed by atoms with Gasteiger partial charge in [0.2, 0.25) is 0 Å². The number of nitrogens with two attached hydrogens (primary N) is 1. The summed E-state index contributed by atoms with van der Waals surface area (Å²) in [5.74, 6) is -1.14. The van der Waals surface area contributed by atoms with Gasteiger partial charge in [-0.25, -0.2) is 4.79 Å². The smallest absolute Gasteiger partial charge is 0.333 e. The van der Waals surface area contributed by atoms with Crippen molar-refractivity contribution in [2.24, 2.45) is 5.73 Å². The van der Waals surface area contributed by atoms with Gasteiger partial charge in [-0.15, -0.1) is 0 Å². The first kappa shape index (κ1) is 18.0. The van der Waals surface area contributed by atoms with E-state index in [1.165, 1.54) is 6.92 Å². The van der Waals surface area contributed by atoms with Crippen molar-refractivity contribution in [1.29, 1.82) is 0 Å². The standard InChI is InChI=1S/C11H21NO6S/c1-4-11(7-12,8-19(14,15)16)18-6-5-17-10(13)9(2)3/h2,4-8,12H2,1,3H3,(H,14,15,16). The van der Waals surface area contributed by atoms with Gasteiger partial charge in [0, 0.05) is 12.1 Å². The van der Waals surface area contributed by atoms with E-state index in [2.05, 4.69) is 6.58 Å². The van der Waals surface area contributed by atoms with Crippen LogP contribution in [0.1, 0.15) is 20.3 Å². The lowest BCUT2D eigenvalue weighted by molar-refractivity contribution is -0.142. The van der Waals surface area contributed by atoms with Gasteiger partial charge < -0.3 is 15.2 Å². The van der Waals surface area contributed by atoms with Gasteiger partial charge in [-0.3, -0.25) is 4.55 Å². The van der Waals surface area contributed by atoms with E-state index in [4.69, 9.17) is 19.8 Å². The van der Waals surface area contributed by atoms with Crippen molar-refractivity contribution < 1.29 is 27.2 Å². The predicted octanol–water partition coefficient (Wildman–Crippen LogP) is 0.118. The maximum absolute atomic E-state index is 11.1. The predicted molar refractivity (Wildman–Crippen MR) is 70.2 cm³/mol. The van der Waals surface area contributed by atoms with E-state index in [1.54, 1.807) is 6.92 Å². The number of esters is 1. The molecule has 1 unspecified atom stereocenters. The monoisotopic (exact) mass is 295 g/mol. The molecule has 3 N–H and O–H groups in total. The molecule has 0 heterocycles. The summed E-state index contributed by atoms with van der Waals surface area (Å²) in [7, 11) is -4.20. The summed E-state index contributed by atoms with van der Waals surface area (Å²) >= 11 is 0. The normalized spacial score (nSPS) is 14.7. The summed E-state index contributed by atoms with van der Waals surface area (Å²) in [4.78, 5) is 11.1. The van der Waals surface area contributed by atoms with Gasteiger partial charge in [-0.1, -0.05) is 13.5 Å². The van der Waals surface area contributed by atoms with E-state index in [0.717, 1.165) is 0 Å². The summed E-state index contributed by atoms with van der Waals surface area (Å²) < 4.78 is 40.9. The van der Waals surface area contributed by atoms with Crippen LogP contribution in [0.5, 0.6) is 0 Å². The molecule has 0 aromatic rings. The average Bonchev–Trinajstić information content (AvgIpc) is 2.31. The van der Waals surface area contributed by atoms with Crippen LogP contribution in [0, 0.1) is 0 Å². The summed E-state index contributed by atoms with van der Waals surface area (Å²) in [5.41, 5.74) is 4.58. The highest BCUT2D eigenvalue weighted by Gasteiger charge is 2.33. The Morgan fingerprint density at radius 3 is 2.37 bits per heavy atom. The summed E-state index contributed by atoms with van der Waals surface area (Å²) in [6, 6.07) is 0. The third-order valence-electron chi connectivity index (χ3n) is 2.53. The van der Waals surface area contributed by atoms with Gasteiger partial charge in [0.1, 0.15) is 12.4 Å². The molecule has 7 nitrogen and oxygen atoms in total. The molecule has 0 spiro atoms. The Morgan fingerprint density at radius 1 is 1.42 bits per heavy atom. The van der Waals surface area contributed by atoms with E-state index in [0.29, 0.717) is 6.42 Å². The third kappa shape index (κ3) is 7.26. The van der Waals surface area contributed by atoms with Crippen LogP contribution >= 0.6 is 0 Å². The van der Waals surface area contributed by atoms with Gasteiger partial charge in [0.05, 0.1) is 12.2 Å². The van der Waals surface area contributed by atoms with Crippen molar-refractivity contribution in [3.05, 3.63) is 12.2 Å². The number of carbonyl (C=O) groups excluding carboxylic acids is 1. The highest BCUT2D eigenvalue weighted by atomic mass is 32.2. The average molecular weight is 295 g/mol. The lowest BCUT2D eigenvalue weighted by atomic mass is 10.0. The minimum absolute atomic E-state index is 0.0143. The Labute approximate surface area is 113 Å². The second-order valence-corrected chi connectivity index (χ2v) is 5.68. The van der Waals surface area contributed by atoms with E-state index in [1.807, 2.05) is 0 Å². The first-order chi connectivity index (χ1) is 8.66. The zero-order chi connectivity index (χ0) is 15.1. The quantitative estimate of drug-likeness (QED) is 0.268. The van der Waals surface area contributed by atoms with Crippen LogP contribution in [-0.4, -0.2) is 50.1 Å². The summed E-state index contributed by atoms with van der Waals surface area (Å²) in [5, 5.41) is 0. The van der Waals surface area contributed by atoms with Crippen LogP contribution < -0.4 is 5.73 Å². The van der Waals surface area contributed by atoms with Gasteiger partial charge in [-0.05, 0) is 13.3 Å². The molecule has 0 rings (SSSR count). The van der Waals surface area contributed by atoms with Crippen molar-refractivity contribution in [3.63, 3.8) is 0 Å². The maximum atomic E-state index is 11.1. The fourth-order valence-corrected chi connectivity index (χ4v) is 2.43. The summed E-state index contributed by atoms with van der Waals surface area (Å²) in [6.07, 6.45) is 0.303. The van der Waals surface area contributed by atoms with Crippen LogP contribution in [0.2, 0.25) is 0 Å². The molecular weight excluding hydrogens is 274 g/mol. The minimum atomic E-state index is -4.20. The van der Waals surface area contributed by atoms with Crippen molar-refractivity contribution >= 4 is 16.1 Å². The Morgan fingerprint density at radius 2 is 2.00 bits per heavy atom. The molecule has 112 valence electrons. The molecule has 8 heteroatoms. The van der Waals surface area contributed by atoms with E-state index < -0.39 is 27.4 Å². The number of rotatable bonds is 9. The second-order valence-electron chi connectivity index (χ2n) is 4.23. The molecule has 0 aliphatic rings. The zero-order valence-electron chi connectivity index (χ0n) is 11.2. The summed E-state index contributed by atoms with van der Waals surface area (Å²) in [6.45, 7) is 6.49.